The summed E-state index contributed by atoms with van der Waals surface area (Å²) < 4.78 is 10.1. The third kappa shape index (κ3) is 2.48. The summed E-state index contributed by atoms with van der Waals surface area (Å²) in [6.45, 7) is 0. The van der Waals surface area contributed by atoms with Crippen molar-refractivity contribution in [2.45, 2.75) is 0 Å². The molecule has 0 fully saturated rings. The van der Waals surface area contributed by atoms with E-state index >= 15 is 0 Å². The summed E-state index contributed by atoms with van der Waals surface area (Å²) in [4.78, 5) is 14.2. The average Bonchev–Trinajstić information content (AvgIpc) is 2.31. The Kier molecular flexibility index (Phi) is 4.22. The molecule has 0 heterocycles. The van der Waals surface area contributed by atoms with Gasteiger partial charge >= 0.3 is 11.7 Å². The Hall–Kier alpha value is -1.65. The van der Waals surface area contributed by atoms with Crippen molar-refractivity contribution in [3.63, 3.8) is 0 Å². The van der Waals surface area contributed by atoms with Gasteiger partial charge in [0.1, 0.15) is 5.75 Å². The number of hydrogen-bond acceptors (Lipinski definition) is 3. The molecule has 0 atom stereocenters. The van der Waals surface area contributed by atoms with Crippen molar-refractivity contribution in [2.75, 3.05) is 14.2 Å². The van der Waals surface area contributed by atoms with Crippen molar-refractivity contribution in [3.05, 3.63) is 33.8 Å². The number of benzene rings is 1. The molecule has 0 saturated heterocycles. The Morgan fingerprint density at radius 3 is 2.56 bits per heavy atom. The predicted octanol–water partition coefficient (Wildman–Crippen LogP) is 1.65. The van der Waals surface area contributed by atoms with Crippen LogP contribution in [0.3, 0.4) is 0 Å². The van der Waals surface area contributed by atoms with E-state index in [4.69, 9.17) is 10.3 Å². The van der Waals surface area contributed by atoms with Crippen LogP contribution >= 0.6 is 15.9 Å². The Morgan fingerprint density at radius 2 is 2.12 bits per heavy atom. The first-order valence-electron chi connectivity index (χ1n) is 4.28. The number of hydrogen-bond donors (Lipinski definition) is 0. The molecule has 84 valence electrons. The number of esters is 1. The Balaban J connectivity index is 3.23. The highest BCUT2D eigenvalue weighted by Gasteiger charge is 2.26. The highest BCUT2D eigenvalue weighted by Crippen LogP contribution is 2.23. The molecule has 6 heteroatoms. The second-order valence-corrected chi connectivity index (χ2v) is 3.64. The molecule has 0 aromatic heterocycles. The first-order valence-corrected chi connectivity index (χ1v) is 5.07. The summed E-state index contributed by atoms with van der Waals surface area (Å²) in [5.41, 5.74) is 9.02. The van der Waals surface area contributed by atoms with Gasteiger partial charge in [0.15, 0.2) is 0 Å². The third-order valence-electron chi connectivity index (χ3n) is 1.91. The molecule has 0 aliphatic heterocycles. The monoisotopic (exact) mass is 284 g/mol. The maximum Gasteiger partial charge on any atom is 0.422 e. The van der Waals surface area contributed by atoms with Crippen LogP contribution in [-0.4, -0.2) is 30.7 Å². The predicted molar refractivity (Wildman–Crippen MR) is 60.4 cm³/mol. The molecule has 16 heavy (non-hydrogen) atoms. The molecule has 0 aliphatic rings. The molecular weight excluding hydrogens is 276 g/mol. The van der Waals surface area contributed by atoms with Crippen LogP contribution in [0.4, 0.5) is 0 Å². The van der Waals surface area contributed by atoms with Gasteiger partial charge in [-0.2, -0.15) is 4.79 Å². The van der Waals surface area contributed by atoms with Gasteiger partial charge in [0.2, 0.25) is 0 Å². The molecule has 0 bridgehead atoms. The average molecular weight is 285 g/mol. The lowest BCUT2D eigenvalue weighted by atomic mass is 10.1. The summed E-state index contributed by atoms with van der Waals surface area (Å²) in [6, 6.07) is 4.90. The molecule has 0 saturated carbocycles. The van der Waals surface area contributed by atoms with Crippen molar-refractivity contribution in [1.29, 1.82) is 0 Å². The van der Waals surface area contributed by atoms with Crippen molar-refractivity contribution in [3.8, 4) is 5.75 Å². The van der Waals surface area contributed by atoms with Gasteiger partial charge in [0, 0.05) is 4.47 Å². The Labute approximate surface area is 101 Å². The standard InChI is InChI=1S/C10H9BrN2O3/c1-15-6-3-4-7(8(11)5-6)9(13-12)10(14)16-2/h3-5H,1-2H3. The minimum absolute atomic E-state index is 0.169. The van der Waals surface area contributed by atoms with Gasteiger partial charge in [-0.15, -0.1) is 0 Å². The highest BCUT2D eigenvalue weighted by molar-refractivity contribution is 9.10. The van der Waals surface area contributed by atoms with Crippen LogP contribution in [0.15, 0.2) is 22.7 Å². The van der Waals surface area contributed by atoms with E-state index in [9.17, 15) is 4.79 Å². The van der Waals surface area contributed by atoms with Crippen LogP contribution < -0.4 is 4.74 Å². The fourth-order valence-electron chi connectivity index (χ4n) is 1.12. The van der Waals surface area contributed by atoms with Crippen LogP contribution in [0.25, 0.3) is 5.53 Å². The van der Waals surface area contributed by atoms with Crippen molar-refractivity contribution in [1.82, 2.24) is 0 Å². The SMILES string of the molecule is COC(=O)C(=[N+]=[N-])c1ccc(OC)cc1Br. The van der Waals surface area contributed by atoms with E-state index in [-0.39, 0.29) is 5.71 Å². The van der Waals surface area contributed by atoms with Crippen LogP contribution in [0.1, 0.15) is 5.56 Å². The van der Waals surface area contributed by atoms with E-state index in [1.807, 2.05) is 0 Å². The fraction of sp³-hybridized carbons (Fsp3) is 0.200. The molecule has 0 amide bonds. The maximum atomic E-state index is 11.3. The number of ether oxygens (including phenoxy) is 2. The van der Waals surface area contributed by atoms with E-state index < -0.39 is 5.97 Å². The van der Waals surface area contributed by atoms with Crippen LogP contribution in [0, 0.1) is 0 Å². The van der Waals surface area contributed by atoms with Crippen LogP contribution in [0.5, 0.6) is 5.75 Å². The van der Waals surface area contributed by atoms with E-state index in [1.54, 1.807) is 18.2 Å². The van der Waals surface area contributed by atoms with Crippen molar-refractivity contribution in [2.24, 2.45) is 0 Å². The summed E-state index contributed by atoms with van der Waals surface area (Å²) in [6.07, 6.45) is 0. The molecule has 1 aromatic rings. The van der Waals surface area contributed by atoms with Crippen LogP contribution in [-0.2, 0) is 9.53 Å². The van der Waals surface area contributed by atoms with Gasteiger partial charge in [0.25, 0.3) is 0 Å². The normalized spacial score (nSPS) is 9.19. The van der Waals surface area contributed by atoms with Gasteiger partial charge in [-0.05, 0) is 34.1 Å². The van der Waals surface area contributed by atoms with Crippen molar-refractivity contribution < 1.29 is 19.1 Å². The van der Waals surface area contributed by atoms with E-state index in [2.05, 4.69) is 25.5 Å². The topological polar surface area (TPSA) is 71.9 Å². The molecule has 0 unspecified atom stereocenters. The second kappa shape index (κ2) is 5.44. The summed E-state index contributed by atoms with van der Waals surface area (Å²) >= 11 is 3.25. The molecule has 0 spiro atoms. The molecule has 0 aliphatic carbocycles. The molecule has 0 N–H and O–H groups in total. The highest BCUT2D eigenvalue weighted by atomic mass is 79.9. The minimum Gasteiger partial charge on any atom is -0.497 e. The maximum absolute atomic E-state index is 11.3. The first kappa shape index (κ1) is 12.4. The zero-order chi connectivity index (χ0) is 12.1. The number of nitrogens with zero attached hydrogens (tertiary/aromatic N) is 2. The molecule has 1 aromatic carbocycles. The zero-order valence-electron chi connectivity index (χ0n) is 8.73. The van der Waals surface area contributed by atoms with E-state index in [0.29, 0.717) is 15.8 Å². The molecule has 5 nitrogen and oxygen atoms in total. The van der Waals surface area contributed by atoms with Gasteiger partial charge in [-0.3, -0.25) is 0 Å². The summed E-state index contributed by atoms with van der Waals surface area (Å²) in [7, 11) is 2.74. The largest absolute Gasteiger partial charge is 0.497 e. The Bertz CT molecular complexity index is 467. The lowest BCUT2D eigenvalue weighted by Gasteiger charge is -2.02. The van der Waals surface area contributed by atoms with Gasteiger partial charge in [0.05, 0.1) is 19.8 Å². The Morgan fingerprint density at radius 1 is 1.44 bits per heavy atom. The second-order valence-electron chi connectivity index (χ2n) is 2.79. The quantitative estimate of drug-likeness (QED) is 0.367. The third-order valence-corrected chi connectivity index (χ3v) is 2.57. The fourth-order valence-corrected chi connectivity index (χ4v) is 1.66. The number of carbonyl (C=O) groups excluding carboxylic acids is 1. The molecule has 0 radical (unpaired) electrons. The van der Waals surface area contributed by atoms with E-state index in [0.717, 1.165) is 0 Å². The van der Waals surface area contributed by atoms with Gasteiger partial charge in [-0.1, -0.05) is 0 Å². The molecule has 1 rings (SSSR count). The minimum atomic E-state index is -0.714. The number of halogens is 1. The first-order chi connectivity index (χ1) is 7.63. The van der Waals surface area contributed by atoms with Gasteiger partial charge < -0.3 is 15.0 Å². The number of carbonyl (C=O) groups is 1. The summed E-state index contributed by atoms with van der Waals surface area (Å²) in [5.74, 6) is -0.0915. The van der Waals surface area contributed by atoms with E-state index in [1.165, 1.54) is 14.2 Å². The number of methoxy groups -OCH3 is 2. The summed E-state index contributed by atoms with van der Waals surface area (Å²) in [5, 5.41) is 0. The smallest absolute Gasteiger partial charge is 0.422 e. The van der Waals surface area contributed by atoms with Gasteiger partial charge in [-0.25, -0.2) is 4.79 Å². The lowest BCUT2D eigenvalue weighted by Crippen LogP contribution is -2.18. The molecular formula is C10H9BrN2O3. The van der Waals surface area contributed by atoms with Crippen molar-refractivity contribution >= 4 is 27.6 Å². The van der Waals surface area contributed by atoms with Crippen LogP contribution in [0.2, 0.25) is 0 Å². The lowest BCUT2D eigenvalue weighted by molar-refractivity contribution is -0.137. The zero-order valence-corrected chi connectivity index (χ0v) is 10.3. The number of rotatable bonds is 3.